The Labute approximate surface area is 256 Å². The van der Waals surface area contributed by atoms with Crippen LogP contribution in [-0.4, -0.2) is 43.5 Å². The maximum Gasteiger partial charge on any atom is 0.338 e. The van der Waals surface area contributed by atoms with Gasteiger partial charge < -0.3 is 29.6 Å². The molecule has 1 aliphatic heterocycles. The van der Waals surface area contributed by atoms with Gasteiger partial charge in [-0.25, -0.2) is 10.2 Å². The van der Waals surface area contributed by atoms with Crippen molar-refractivity contribution in [2.75, 3.05) is 20.3 Å². The van der Waals surface area contributed by atoms with E-state index in [2.05, 4.69) is 27.2 Å². The first-order valence-corrected chi connectivity index (χ1v) is 14.0. The molecule has 1 atom stereocenters. The maximum atomic E-state index is 12.7. The zero-order valence-corrected chi connectivity index (χ0v) is 25.2. The number of ether oxygens (including phenoxy) is 4. The van der Waals surface area contributed by atoms with Crippen molar-refractivity contribution in [3.8, 4) is 17.2 Å². The van der Waals surface area contributed by atoms with Crippen LogP contribution < -0.4 is 30.3 Å². The average molecular weight is 603 g/mol. The molecule has 0 bridgehead atoms. The Morgan fingerprint density at radius 1 is 1.00 bits per heavy atom. The smallest absolute Gasteiger partial charge is 0.338 e. The monoisotopic (exact) mass is 602 g/mol. The van der Waals surface area contributed by atoms with E-state index in [0.29, 0.717) is 51.4 Å². The number of allylic oxidation sites excluding steroid dienone is 1. The molecule has 0 aromatic heterocycles. The van der Waals surface area contributed by atoms with Crippen molar-refractivity contribution >= 4 is 35.4 Å². The Hall–Kier alpha value is -4.90. The molecule has 3 N–H and O–H groups in total. The Kier molecular flexibility index (Phi) is 10.7. The number of nitrogens with zero attached hydrogens (tertiary/aromatic N) is 1. The molecule has 1 aliphatic rings. The highest BCUT2D eigenvalue weighted by Gasteiger charge is 2.32. The van der Waals surface area contributed by atoms with E-state index in [9.17, 15) is 9.59 Å². The first-order valence-electron chi connectivity index (χ1n) is 13.6. The number of hydrazone groups is 1. The molecule has 11 heteroatoms. The SMILES string of the molecule is CCOC(=O)C1=C(C)NC(=S)N[C@@H]1c1ccccc1OCC(=O)NN=Cc1ccc(OCc2cccc(C)c2)c(OC)c1. The third kappa shape index (κ3) is 8.32. The Morgan fingerprint density at radius 2 is 1.81 bits per heavy atom. The average Bonchev–Trinajstić information content (AvgIpc) is 2.99. The number of hydrogen-bond acceptors (Lipinski definition) is 8. The van der Waals surface area contributed by atoms with Crippen LogP contribution in [-0.2, 0) is 20.9 Å². The molecule has 0 saturated heterocycles. The van der Waals surface area contributed by atoms with Gasteiger partial charge in [0.05, 0.1) is 31.5 Å². The van der Waals surface area contributed by atoms with Crippen LogP contribution in [0, 0.1) is 6.92 Å². The van der Waals surface area contributed by atoms with Crippen molar-refractivity contribution in [1.29, 1.82) is 0 Å². The second-order valence-corrected chi connectivity index (χ2v) is 10.0. The van der Waals surface area contributed by atoms with Gasteiger partial charge in [-0.2, -0.15) is 5.10 Å². The summed E-state index contributed by atoms with van der Waals surface area (Å²) in [6.45, 7) is 5.85. The number of rotatable bonds is 12. The molecular formula is C32H34N4O6S. The quantitative estimate of drug-likeness (QED) is 0.119. The lowest BCUT2D eigenvalue weighted by Gasteiger charge is -2.30. The lowest BCUT2D eigenvalue weighted by atomic mass is 9.95. The van der Waals surface area contributed by atoms with Gasteiger partial charge in [0, 0.05) is 11.3 Å². The van der Waals surface area contributed by atoms with Gasteiger partial charge in [0.25, 0.3) is 5.91 Å². The van der Waals surface area contributed by atoms with Gasteiger partial charge >= 0.3 is 5.97 Å². The molecule has 224 valence electrons. The second-order valence-electron chi connectivity index (χ2n) is 9.60. The van der Waals surface area contributed by atoms with Gasteiger partial charge in [0.15, 0.2) is 23.2 Å². The van der Waals surface area contributed by atoms with Crippen molar-refractivity contribution < 1.29 is 28.5 Å². The predicted molar refractivity (Wildman–Crippen MR) is 167 cm³/mol. The Bertz CT molecular complexity index is 1550. The molecule has 1 heterocycles. The standard InChI is InChI=1S/C32H34N4O6S/c1-5-40-31(38)29-21(3)34-32(43)35-30(29)24-11-6-7-12-25(24)42-19-28(37)36-33-17-22-13-14-26(27(16-22)39-4)41-18-23-10-8-9-20(2)15-23/h6-17,30H,5,18-19H2,1-4H3,(H,36,37)(H2,34,35,43)/t30-/m1/s1. The molecule has 0 radical (unpaired) electrons. The Balaban J connectivity index is 1.37. The van der Waals surface area contributed by atoms with E-state index in [1.54, 1.807) is 51.3 Å². The van der Waals surface area contributed by atoms with E-state index in [1.807, 2.05) is 37.3 Å². The van der Waals surface area contributed by atoms with Crippen LogP contribution in [0.15, 0.2) is 83.1 Å². The third-order valence-electron chi connectivity index (χ3n) is 6.42. The summed E-state index contributed by atoms with van der Waals surface area (Å²) in [5.41, 5.74) is 6.97. The molecule has 0 unspecified atom stereocenters. The number of thiocarbonyl (C=S) groups is 1. The molecule has 0 saturated carbocycles. The van der Waals surface area contributed by atoms with Crippen LogP contribution in [0.2, 0.25) is 0 Å². The van der Waals surface area contributed by atoms with Crippen LogP contribution in [0.4, 0.5) is 0 Å². The number of methoxy groups -OCH3 is 1. The summed E-state index contributed by atoms with van der Waals surface area (Å²) in [5.74, 6) is 0.598. The molecule has 0 aliphatic carbocycles. The van der Waals surface area contributed by atoms with Gasteiger partial charge in [0.2, 0.25) is 0 Å². The fraction of sp³-hybridized carbons (Fsp3) is 0.250. The number of para-hydroxylation sites is 1. The number of benzene rings is 3. The lowest BCUT2D eigenvalue weighted by Crippen LogP contribution is -2.45. The van der Waals surface area contributed by atoms with E-state index in [0.717, 1.165) is 11.1 Å². The van der Waals surface area contributed by atoms with Crippen molar-refractivity contribution in [2.24, 2.45) is 5.10 Å². The van der Waals surface area contributed by atoms with Gasteiger partial charge in [-0.1, -0.05) is 48.0 Å². The normalized spacial score (nSPS) is 14.5. The van der Waals surface area contributed by atoms with Crippen LogP contribution in [0.1, 0.15) is 42.1 Å². The molecule has 3 aromatic carbocycles. The highest BCUT2D eigenvalue weighted by molar-refractivity contribution is 7.80. The summed E-state index contributed by atoms with van der Waals surface area (Å²) in [5, 5.41) is 10.5. The molecule has 4 rings (SSSR count). The van der Waals surface area contributed by atoms with Crippen molar-refractivity contribution in [2.45, 2.75) is 33.4 Å². The van der Waals surface area contributed by atoms with E-state index >= 15 is 0 Å². The van der Waals surface area contributed by atoms with Crippen LogP contribution in [0.25, 0.3) is 0 Å². The van der Waals surface area contributed by atoms with Gasteiger partial charge in [-0.3, -0.25) is 4.79 Å². The highest BCUT2D eigenvalue weighted by Crippen LogP contribution is 2.33. The van der Waals surface area contributed by atoms with Crippen LogP contribution >= 0.6 is 12.2 Å². The minimum absolute atomic E-state index is 0.227. The lowest BCUT2D eigenvalue weighted by molar-refractivity contribution is -0.139. The largest absolute Gasteiger partial charge is 0.493 e. The number of esters is 1. The van der Waals surface area contributed by atoms with Crippen molar-refractivity contribution in [3.05, 3.63) is 100 Å². The molecule has 1 amide bonds. The van der Waals surface area contributed by atoms with E-state index in [1.165, 1.54) is 6.21 Å². The summed E-state index contributed by atoms with van der Waals surface area (Å²) in [7, 11) is 1.56. The number of aryl methyl sites for hydroxylation is 1. The minimum Gasteiger partial charge on any atom is -0.493 e. The second kappa shape index (κ2) is 14.8. The van der Waals surface area contributed by atoms with Gasteiger partial charge in [-0.15, -0.1) is 0 Å². The molecule has 0 fully saturated rings. The van der Waals surface area contributed by atoms with Gasteiger partial charge in [0.1, 0.15) is 12.4 Å². The number of carbonyl (C=O) groups is 2. The maximum absolute atomic E-state index is 12.7. The first-order chi connectivity index (χ1) is 20.8. The predicted octanol–water partition coefficient (Wildman–Crippen LogP) is 4.47. The topological polar surface area (TPSA) is 120 Å². The van der Waals surface area contributed by atoms with Crippen molar-refractivity contribution in [1.82, 2.24) is 16.1 Å². The summed E-state index contributed by atoms with van der Waals surface area (Å²) in [6.07, 6.45) is 1.50. The van der Waals surface area contributed by atoms with E-state index < -0.39 is 17.9 Å². The number of amides is 1. The summed E-state index contributed by atoms with van der Waals surface area (Å²) in [4.78, 5) is 25.3. The first kappa shape index (κ1) is 31.0. The number of carbonyl (C=O) groups excluding carboxylic acids is 2. The highest BCUT2D eigenvalue weighted by atomic mass is 32.1. The molecular weight excluding hydrogens is 568 g/mol. The van der Waals surface area contributed by atoms with Crippen molar-refractivity contribution in [3.63, 3.8) is 0 Å². The molecule has 43 heavy (non-hydrogen) atoms. The van der Waals surface area contributed by atoms with E-state index in [-0.39, 0.29) is 13.2 Å². The Morgan fingerprint density at radius 3 is 2.58 bits per heavy atom. The van der Waals surface area contributed by atoms with Crippen LogP contribution in [0.3, 0.4) is 0 Å². The van der Waals surface area contributed by atoms with Crippen LogP contribution in [0.5, 0.6) is 17.2 Å². The summed E-state index contributed by atoms with van der Waals surface area (Å²) < 4.78 is 22.5. The van der Waals surface area contributed by atoms with E-state index in [4.69, 9.17) is 31.2 Å². The number of hydrogen-bond donors (Lipinski definition) is 3. The minimum atomic E-state index is -0.621. The molecule has 3 aromatic rings. The summed E-state index contributed by atoms with van der Waals surface area (Å²) in [6, 6.07) is 19.9. The third-order valence-corrected chi connectivity index (χ3v) is 6.64. The fourth-order valence-electron chi connectivity index (χ4n) is 4.46. The molecule has 0 spiro atoms. The number of nitrogens with one attached hydrogen (secondary N) is 3. The fourth-order valence-corrected chi connectivity index (χ4v) is 4.73. The molecule has 10 nitrogen and oxygen atoms in total. The summed E-state index contributed by atoms with van der Waals surface area (Å²) >= 11 is 5.32. The van der Waals surface area contributed by atoms with Gasteiger partial charge in [-0.05, 0) is 68.4 Å². The zero-order chi connectivity index (χ0) is 30.8. The zero-order valence-electron chi connectivity index (χ0n) is 24.4.